The highest BCUT2D eigenvalue weighted by molar-refractivity contribution is 7.16. The number of carbonyl (C=O) groups is 2. The Morgan fingerprint density at radius 3 is 2.53 bits per heavy atom. The van der Waals surface area contributed by atoms with E-state index in [1.54, 1.807) is 32.3 Å². The van der Waals surface area contributed by atoms with E-state index >= 15 is 0 Å². The highest BCUT2D eigenvalue weighted by Crippen LogP contribution is 2.55. The summed E-state index contributed by atoms with van der Waals surface area (Å²) in [5.74, 6) is 2.40. The maximum Gasteiger partial charge on any atom is 0.248 e. The zero-order chi connectivity index (χ0) is 56.0. The number of anilines is 2. The Labute approximate surface area is 481 Å². The van der Waals surface area contributed by atoms with E-state index in [-0.39, 0.29) is 47.6 Å². The predicted octanol–water partition coefficient (Wildman–Crippen LogP) is 7.89. The van der Waals surface area contributed by atoms with Crippen LogP contribution in [0.15, 0.2) is 46.6 Å². The van der Waals surface area contributed by atoms with Crippen molar-refractivity contribution in [2.45, 2.75) is 147 Å². The number of thiazole rings is 1. The van der Waals surface area contributed by atoms with Crippen molar-refractivity contribution in [1.82, 2.24) is 55.5 Å². The fraction of sp³-hybridized carbons (Fsp3) is 0.583. The Hall–Kier alpha value is -6.31. The van der Waals surface area contributed by atoms with Crippen molar-refractivity contribution >= 4 is 45.3 Å². The zero-order valence-corrected chi connectivity index (χ0v) is 48.8. The molecule has 2 amide bonds. The number of aliphatic hydroxyl groups is 1. The SMILES string of the molecule is Cc1ncsc1-c1ccc([C@H](C)NC(=O)[C@@H]2C[C@@H](O)CN2C(=O)[C@@H](n2cc(C3CCN(CC4(COc5cc(N6CCC7(CNC7)C6)nc(-c6noc7c6CCC[C@@]76CCCc7sc(N)c(C#N)c76)n5)CC4)CC3)nn2)C(C)(C)C)cc1. The fourth-order valence-corrected chi connectivity index (χ4v) is 16.3. The van der Waals surface area contributed by atoms with Gasteiger partial charge < -0.3 is 45.4 Å². The molecule has 9 heterocycles. The number of hydrogen-bond donors (Lipinski definition) is 4. The lowest BCUT2D eigenvalue weighted by molar-refractivity contribution is -0.144. The number of nitrogens with one attached hydrogen (secondary N) is 2. The Morgan fingerprint density at radius 2 is 1.84 bits per heavy atom. The minimum absolute atomic E-state index is 0.0128. The number of nitrogens with two attached hydrogens (primary N) is 1. The van der Waals surface area contributed by atoms with Crippen LogP contribution in [0.25, 0.3) is 22.0 Å². The molecule has 5 fully saturated rings. The van der Waals surface area contributed by atoms with E-state index in [1.807, 2.05) is 76.7 Å². The van der Waals surface area contributed by atoms with Crippen LogP contribution in [0.2, 0.25) is 0 Å². The zero-order valence-electron chi connectivity index (χ0n) is 47.2. The molecule has 0 radical (unpaired) electrons. The van der Waals surface area contributed by atoms with Crippen LogP contribution < -0.4 is 26.0 Å². The standard InChI is InChI=1S/C60H74N14O5S2/c1-35(37-10-12-39(13-11-37)50-36(2)64-34-80-50)65-55(76)44-24-40(75)27-73(44)56(77)51(57(3,4)5)74-28-43(68-70-74)38-14-21-71(22-15-38)31-58(18-19-58)33-78-47-25-46(72-23-20-59(32-72)29-63-30-59)66-54(67-47)49-41-8-6-16-60(52(41)79-69-49)17-7-9-45-48(60)42(26-61)53(62)81-45/h10-13,25,28,34-35,38,40,44,51,63,75H,6-9,14-24,27,29-33,62H2,1-5H3,(H,65,76)/t35-,40+,44-,51+,60-/m0/s1. The van der Waals surface area contributed by atoms with Crippen LogP contribution in [0.3, 0.4) is 0 Å². The number of thiophene rings is 1. The maximum absolute atomic E-state index is 14.7. The van der Waals surface area contributed by atoms with Crippen LogP contribution in [0, 0.1) is 34.5 Å². The highest BCUT2D eigenvalue weighted by atomic mass is 32.1. The van der Waals surface area contributed by atoms with E-state index in [4.69, 9.17) is 35.2 Å². The molecular formula is C60H74N14O5S2. The van der Waals surface area contributed by atoms with E-state index in [9.17, 15) is 20.0 Å². The Balaban J connectivity index is 0.663. The quantitative estimate of drug-likeness (QED) is 0.0810. The van der Waals surface area contributed by atoms with Crippen molar-refractivity contribution in [3.05, 3.63) is 86.3 Å². The molecule has 13 rings (SSSR count). The molecule has 6 aromatic rings. The number of fused-ring (bicyclic) bond motifs is 4. The van der Waals surface area contributed by atoms with Crippen LogP contribution in [-0.4, -0.2) is 133 Å². The number of likely N-dealkylation sites (tertiary alicyclic amines) is 2. The van der Waals surface area contributed by atoms with Gasteiger partial charge in [-0.05, 0) is 120 Å². The molecular weight excluding hydrogens is 1060 g/mol. The molecule has 4 saturated heterocycles. The van der Waals surface area contributed by atoms with Crippen LogP contribution in [0.4, 0.5) is 10.8 Å². The van der Waals surface area contributed by atoms with Crippen molar-refractivity contribution in [1.29, 1.82) is 5.26 Å². The van der Waals surface area contributed by atoms with Gasteiger partial charge in [-0.15, -0.1) is 27.8 Å². The van der Waals surface area contributed by atoms with Crippen molar-refractivity contribution in [2.75, 3.05) is 69.6 Å². The first-order valence-corrected chi connectivity index (χ1v) is 30.9. The molecule has 7 aliphatic rings. The molecule has 5 atom stereocenters. The summed E-state index contributed by atoms with van der Waals surface area (Å²) < 4.78 is 14.9. The molecule has 3 aliphatic carbocycles. The first-order chi connectivity index (χ1) is 39.0. The molecule has 0 unspecified atom stereocenters. The summed E-state index contributed by atoms with van der Waals surface area (Å²) in [4.78, 5) is 52.3. The number of β-amino-alcohol motifs (C(OH)–C–C–N with tert-alkyl or cyclic N) is 1. The number of carbonyl (C=O) groups excluding carboxylic acids is 2. The first kappa shape index (κ1) is 54.0. The molecule has 5 N–H and O–H groups in total. The van der Waals surface area contributed by atoms with Gasteiger partial charge in [-0.2, -0.15) is 10.2 Å². The number of hydrogen-bond acceptors (Lipinski definition) is 18. The number of rotatable bonds is 14. The number of nitriles is 1. The second-order valence-corrected chi connectivity index (χ2v) is 27.8. The molecule has 5 aromatic heterocycles. The molecule has 426 valence electrons. The summed E-state index contributed by atoms with van der Waals surface area (Å²) in [7, 11) is 0. The van der Waals surface area contributed by atoms with Gasteiger partial charge in [0.05, 0.1) is 51.5 Å². The summed E-state index contributed by atoms with van der Waals surface area (Å²) in [6, 6.07) is 10.7. The molecule has 1 aromatic carbocycles. The number of amides is 2. The van der Waals surface area contributed by atoms with Crippen LogP contribution >= 0.6 is 22.7 Å². The minimum atomic E-state index is -0.827. The monoisotopic (exact) mass is 1130 g/mol. The van der Waals surface area contributed by atoms with Crippen LogP contribution in [-0.2, 0) is 27.8 Å². The molecule has 81 heavy (non-hydrogen) atoms. The maximum atomic E-state index is 14.7. The van der Waals surface area contributed by atoms with Crippen LogP contribution in [0.5, 0.6) is 5.88 Å². The lowest BCUT2D eigenvalue weighted by Crippen LogP contribution is -2.54. The van der Waals surface area contributed by atoms with E-state index < -0.39 is 29.0 Å². The number of aryl methyl sites for hydroxylation is 2. The Kier molecular flexibility index (Phi) is 13.9. The average Bonchev–Trinajstić information content (AvgIpc) is 4.13. The summed E-state index contributed by atoms with van der Waals surface area (Å²) in [6.07, 6.45) is 11.8. The smallest absolute Gasteiger partial charge is 0.248 e. The molecule has 0 bridgehead atoms. The molecule has 4 aliphatic heterocycles. The summed E-state index contributed by atoms with van der Waals surface area (Å²) in [5, 5.41) is 42.5. The lowest BCUT2D eigenvalue weighted by Gasteiger charge is -2.39. The van der Waals surface area contributed by atoms with Crippen molar-refractivity contribution in [3.8, 4) is 33.9 Å². The topological polar surface area (TPSA) is 243 Å². The van der Waals surface area contributed by atoms with Gasteiger partial charge in [0.2, 0.25) is 17.7 Å². The van der Waals surface area contributed by atoms with Gasteiger partial charge in [0.1, 0.15) is 29.0 Å². The number of aliphatic hydroxyl groups excluding tert-OH is 1. The van der Waals surface area contributed by atoms with Crippen molar-refractivity contribution in [2.24, 2.45) is 16.2 Å². The predicted molar refractivity (Wildman–Crippen MR) is 309 cm³/mol. The molecule has 21 heteroatoms. The van der Waals surface area contributed by atoms with Gasteiger partial charge in [0, 0.05) is 85.1 Å². The van der Waals surface area contributed by atoms with E-state index in [1.165, 1.54) is 4.88 Å². The second-order valence-electron chi connectivity index (χ2n) is 25.8. The number of benzene rings is 1. The third-order valence-corrected chi connectivity index (χ3v) is 21.1. The Bertz CT molecular complexity index is 3390. The van der Waals surface area contributed by atoms with Crippen molar-refractivity contribution < 1.29 is 24.0 Å². The summed E-state index contributed by atoms with van der Waals surface area (Å²) >= 11 is 3.15. The van der Waals surface area contributed by atoms with Gasteiger partial charge in [0.25, 0.3) is 0 Å². The largest absolute Gasteiger partial charge is 0.477 e. The summed E-state index contributed by atoms with van der Waals surface area (Å²) in [6.45, 7) is 17.2. The van der Waals surface area contributed by atoms with Crippen LogP contribution in [0.1, 0.15) is 154 Å². The van der Waals surface area contributed by atoms with Gasteiger partial charge in [-0.3, -0.25) is 9.59 Å². The molecule has 19 nitrogen and oxygen atoms in total. The number of nitrogen functional groups attached to an aromatic ring is 1. The van der Waals surface area contributed by atoms with E-state index in [0.29, 0.717) is 34.6 Å². The highest BCUT2D eigenvalue weighted by Gasteiger charge is 2.51. The van der Waals surface area contributed by atoms with Gasteiger partial charge >= 0.3 is 0 Å². The number of piperidine rings is 1. The normalized spacial score (nSPS) is 23.9. The molecule has 1 saturated carbocycles. The molecule has 2 spiro atoms. The third-order valence-electron chi connectivity index (χ3n) is 19.1. The van der Waals surface area contributed by atoms with Crippen molar-refractivity contribution in [3.63, 3.8) is 0 Å². The number of nitrogens with zero attached hydrogens (tertiary/aromatic N) is 11. The van der Waals surface area contributed by atoms with E-state index in [2.05, 4.69) is 36.7 Å². The van der Waals surface area contributed by atoms with E-state index in [0.717, 1.165) is 167 Å². The second kappa shape index (κ2) is 20.8. The summed E-state index contributed by atoms with van der Waals surface area (Å²) in [5.41, 5.74) is 14.8. The fourth-order valence-electron chi connectivity index (χ4n) is 14.3. The third kappa shape index (κ3) is 9.99. The van der Waals surface area contributed by atoms with Gasteiger partial charge in [0.15, 0.2) is 17.3 Å². The average molecular weight is 1140 g/mol. The van der Waals surface area contributed by atoms with Gasteiger partial charge in [-0.1, -0.05) is 55.4 Å². The minimum Gasteiger partial charge on any atom is -0.477 e. The number of ether oxygens (including phenoxy) is 1. The first-order valence-electron chi connectivity index (χ1n) is 29.2. The Morgan fingerprint density at radius 1 is 1.06 bits per heavy atom. The number of aromatic nitrogens is 7. The lowest BCUT2D eigenvalue weighted by atomic mass is 9.63. The van der Waals surface area contributed by atoms with Gasteiger partial charge in [-0.25, -0.2) is 14.6 Å².